The summed E-state index contributed by atoms with van der Waals surface area (Å²) in [5.74, 6) is -1.05. The molecule has 8 heteroatoms. The Morgan fingerprint density at radius 1 is 0.800 bits per heavy atom. The number of nitrogens with one attached hydrogen (secondary N) is 1. The van der Waals surface area contributed by atoms with Crippen LogP contribution in [0.25, 0.3) is 0 Å². The zero-order valence-corrected chi connectivity index (χ0v) is 19.4. The summed E-state index contributed by atoms with van der Waals surface area (Å²) in [5.41, 5.74) is 2.37. The average molecular weight is 477 g/mol. The Bertz CT molecular complexity index is 1100. The number of ether oxygens (including phenoxy) is 2. The van der Waals surface area contributed by atoms with Gasteiger partial charge >= 0.3 is 12.1 Å². The lowest BCUT2D eigenvalue weighted by molar-refractivity contribution is -0.149. The maximum Gasteiger partial charge on any atom is 0.410 e. The largest absolute Gasteiger partial charge is 0.508 e. The number of esters is 1. The summed E-state index contributed by atoms with van der Waals surface area (Å²) < 4.78 is 10.6. The van der Waals surface area contributed by atoms with Crippen molar-refractivity contribution in [1.29, 1.82) is 0 Å². The number of phenolic OH excluding ortho intramolecular Hbond substituents is 1. The first-order valence-electron chi connectivity index (χ1n) is 11.1. The van der Waals surface area contributed by atoms with E-state index in [-0.39, 0.29) is 31.9 Å². The van der Waals surface area contributed by atoms with Crippen LogP contribution in [0.3, 0.4) is 0 Å². The summed E-state index contributed by atoms with van der Waals surface area (Å²) in [6, 6.07) is 23.7. The normalized spacial score (nSPS) is 11.2. The van der Waals surface area contributed by atoms with Gasteiger partial charge < -0.3 is 24.8 Å². The highest BCUT2D eigenvalue weighted by Gasteiger charge is 2.24. The Morgan fingerprint density at radius 2 is 1.34 bits per heavy atom. The van der Waals surface area contributed by atoms with Crippen LogP contribution in [0, 0.1) is 0 Å². The predicted octanol–water partition coefficient (Wildman–Crippen LogP) is 3.43. The monoisotopic (exact) mass is 476 g/mol. The molecule has 2 amide bonds. The van der Waals surface area contributed by atoms with Gasteiger partial charge in [-0.15, -0.1) is 0 Å². The van der Waals surface area contributed by atoms with Crippen LogP contribution < -0.4 is 5.32 Å². The van der Waals surface area contributed by atoms with Gasteiger partial charge in [-0.3, -0.25) is 4.79 Å². The standard InChI is InChI=1S/C27H28N2O6/c1-29(27(33)35-19-22-10-6-3-7-11-22)17-25(31)28-24(16-20-12-14-23(30)15-13-20)26(32)34-18-21-8-4-2-5-9-21/h2-15,24,30H,16-19H2,1H3,(H,28,31)/t24-/m0/s1. The van der Waals surface area contributed by atoms with Gasteiger partial charge in [-0.05, 0) is 28.8 Å². The molecule has 0 radical (unpaired) electrons. The van der Waals surface area contributed by atoms with Gasteiger partial charge in [0.2, 0.25) is 5.91 Å². The number of benzene rings is 3. The van der Waals surface area contributed by atoms with E-state index in [0.29, 0.717) is 0 Å². The molecule has 0 spiro atoms. The second-order valence-electron chi connectivity index (χ2n) is 7.98. The first-order chi connectivity index (χ1) is 16.9. The number of hydrogen-bond donors (Lipinski definition) is 2. The second kappa shape index (κ2) is 12.8. The topological polar surface area (TPSA) is 105 Å². The molecule has 3 aromatic rings. The number of phenols is 1. The van der Waals surface area contributed by atoms with Crippen molar-refractivity contribution in [2.45, 2.75) is 25.7 Å². The lowest BCUT2D eigenvalue weighted by Gasteiger charge is -2.21. The van der Waals surface area contributed by atoms with Gasteiger partial charge in [0.15, 0.2) is 0 Å². The Balaban J connectivity index is 1.58. The number of aromatic hydroxyl groups is 1. The molecule has 0 fully saturated rings. The van der Waals surface area contributed by atoms with Crippen LogP contribution in [0.1, 0.15) is 16.7 Å². The van der Waals surface area contributed by atoms with Crippen LogP contribution in [0.2, 0.25) is 0 Å². The maximum atomic E-state index is 12.8. The van der Waals surface area contributed by atoms with Crippen LogP contribution in [-0.2, 0) is 38.7 Å². The average Bonchev–Trinajstić information content (AvgIpc) is 2.87. The van der Waals surface area contributed by atoms with Crippen molar-refractivity contribution < 1.29 is 29.0 Å². The first kappa shape index (κ1) is 25.3. The highest BCUT2D eigenvalue weighted by atomic mass is 16.6. The minimum Gasteiger partial charge on any atom is -0.508 e. The Hall–Kier alpha value is -4.33. The van der Waals surface area contributed by atoms with Gasteiger partial charge in [0, 0.05) is 13.5 Å². The molecular formula is C27H28N2O6. The molecule has 8 nitrogen and oxygen atoms in total. The Labute approximate surface area is 204 Å². The molecule has 3 rings (SSSR count). The Kier molecular flexibility index (Phi) is 9.24. The molecule has 0 unspecified atom stereocenters. The van der Waals surface area contributed by atoms with Gasteiger partial charge in [-0.2, -0.15) is 0 Å². The fraction of sp³-hybridized carbons (Fsp3) is 0.222. The van der Waals surface area contributed by atoms with Crippen molar-refractivity contribution in [3.8, 4) is 5.75 Å². The lowest BCUT2D eigenvalue weighted by atomic mass is 10.1. The summed E-state index contributed by atoms with van der Waals surface area (Å²) in [4.78, 5) is 38.9. The molecule has 0 aliphatic rings. The summed E-state index contributed by atoms with van der Waals surface area (Å²) >= 11 is 0. The molecule has 182 valence electrons. The smallest absolute Gasteiger partial charge is 0.410 e. The number of nitrogens with zero attached hydrogens (tertiary/aromatic N) is 1. The van der Waals surface area contributed by atoms with Crippen molar-refractivity contribution in [1.82, 2.24) is 10.2 Å². The first-order valence-corrected chi connectivity index (χ1v) is 11.1. The third kappa shape index (κ3) is 8.51. The maximum absolute atomic E-state index is 12.8. The Morgan fingerprint density at radius 3 is 1.91 bits per heavy atom. The van der Waals surface area contributed by atoms with Crippen molar-refractivity contribution in [2.75, 3.05) is 13.6 Å². The molecule has 0 heterocycles. The van der Waals surface area contributed by atoms with Gasteiger partial charge in [-0.25, -0.2) is 9.59 Å². The number of rotatable bonds is 10. The molecular weight excluding hydrogens is 448 g/mol. The summed E-state index contributed by atoms with van der Waals surface area (Å²) in [6.07, 6.45) is -0.507. The van der Waals surface area contributed by atoms with Crippen molar-refractivity contribution >= 4 is 18.0 Å². The molecule has 2 N–H and O–H groups in total. The molecule has 0 bridgehead atoms. The van der Waals surface area contributed by atoms with Gasteiger partial charge in [-0.1, -0.05) is 72.8 Å². The van der Waals surface area contributed by atoms with Gasteiger partial charge in [0.05, 0.1) is 0 Å². The SMILES string of the molecule is CN(CC(=O)N[C@@H](Cc1ccc(O)cc1)C(=O)OCc1ccccc1)C(=O)OCc1ccccc1. The van der Waals surface area contributed by atoms with Crippen LogP contribution in [0.15, 0.2) is 84.9 Å². The number of carbonyl (C=O) groups excluding carboxylic acids is 3. The molecule has 3 aromatic carbocycles. The third-order valence-electron chi connectivity index (χ3n) is 5.12. The second-order valence-corrected chi connectivity index (χ2v) is 7.98. The van der Waals surface area contributed by atoms with E-state index in [2.05, 4.69) is 5.32 Å². The quantitative estimate of drug-likeness (QED) is 0.435. The predicted molar refractivity (Wildman–Crippen MR) is 129 cm³/mol. The van der Waals surface area contributed by atoms with Crippen molar-refractivity contribution in [3.05, 3.63) is 102 Å². The molecule has 0 saturated heterocycles. The fourth-order valence-corrected chi connectivity index (χ4v) is 3.24. The highest BCUT2D eigenvalue weighted by molar-refractivity contribution is 5.87. The van der Waals surface area contributed by atoms with E-state index in [1.807, 2.05) is 60.7 Å². The number of likely N-dealkylation sites (N-methyl/N-ethyl adjacent to an activating group) is 1. The molecule has 0 aromatic heterocycles. The van der Waals surface area contributed by atoms with E-state index in [0.717, 1.165) is 21.6 Å². The van der Waals surface area contributed by atoms with E-state index >= 15 is 0 Å². The molecule has 35 heavy (non-hydrogen) atoms. The zero-order chi connectivity index (χ0) is 25.0. The molecule has 0 aliphatic carbocycles. The zero-order valence-electron chi connectivity index (χ0n) is 19.4. The van der Waals surface area contributed by atoms with E-state index in [1.54, 1.807) is 12.1 Å². The summed E-state index contributed by atoms with van der Waals surface area (Å²) in [5, 5.41) is 12.2. The molecule has 1 atom stereocenters. The summed E-state index contributed by atoms with van der Waals surface area (Å²) in [6.45, 7) is -0.153. The van der Waals surface area contributed by atoms with Gasteiger partial charge in [0.25, 0.3) is 0 Å². The van der Waals surface area contributed by atoms with Gasteiger partial charge in [0.1, 0.15) is 31.5 Å². The van der Waals surface area contributed by atoms with Crippen LogP contribution in [0.5, 0.6) is 5.75 Å². The minimum atomic E-state index is -0.982. The molecule has 0 aliphatic heterocycles. The minimum absolute atomic E-state index is 0.0628. The fourth-order valence-electron chi connectivity index (χ4n) is 3.24. The lowest BCUT2D eigenvalue weighted by Crippen LogP contribution is -2.47. The number of amides is 2. The third-order valence-corrected chi connectivity index (χ3v) is 5.12. The van der Waals surface area contributed by atoms with E-state index < -0.39 is 24.0 Å². The van der Waals surface area contributed by atoms with Crippen molar-refractivity contribution in [2.24, 2.45) is 0 Å². The van der Waals surface area contributed by atoms with E-state index in [1.165, 1.54) is 19.2 Å². The summed E-state index contributed by atoms with van der Waals surface area (Å²) in [7, 11) is 1.44. The van der Waals surface area contributed by atoms with Crippen molar-refractivity contribution in [3.63, 3.8) is 0 Å². The highest BCUT2D eigenvalue weighted by Crippen LogP contribution is 2.13. The molecule has 0 saturated carbocycles. The number of carbonyl (C=O) groups is 3. The van der Waals surface area contributed by atoms with E-state index in [9.17, 15) is 19.5 Å². The van der Waals surface area contributed by atoms with E-state index in [4.69, 9.17) is 9.47 Å². The van der Waals surface area contributed by atoms with Crippen LogP contribution >= 0.6 is 0 Å². The van der Waals surface area contributed by atoms with Crippen LogP contribution in [-0.4, -0.2) is 47.6 Å². The van der Waals surface area contributed by atoms with Crippen LogP contribution in [0.4, 0.5) is 4.79 Å². The number of hydrogen-bond acceptors (Lipinski definition) is 6.